The van der Waals surface area contributed by atoms with E-state index < -0.39 is 6.10 Å². The van der Waals surface area contributed by atoms with Gasteiger partial charge in [-0.2, -0.15) is 5.10 Å². The predicted octanol–water partition coefficient (Wildman–Crippen LogP) is 3.45. The first-order valence-corrected chi connectivity index (χ1v) is 7.41. The minimum absolute atomic E-state index is 0.379. The molecule has 1 heterocycles. The molecule has 1 aromatic carbocycles. The average molecular weight is 288 g/mol. The molecule has 0 aliphatic carbocycles. The number of rotatable bonds is 6. The van der Waals surface area contributed by atoms with E-state index in [-0.39, 0.29) is 0 Å². The fourth-order valence-corrected chi connectivity index (χ4v) is 2.32. The van der Waals surface area contributed by atoms with Crippen LogP contribution in [0.25, 0.3) is 0 Å². The molecule has 0 saturated carbocycles. The Labute approximate surface area is 126 Å². The molecule has 0 aliphatic heterocycles. The third-order valence-electron chi connectivity index (χ3n) is 3.86. The number of hydrogen-bond donors (Lipinski definition) is 1. The Kier molecular flexibility index (Phi) is 5.02. The molecule has 0 saturated heterocycles. The zero-order chi connectivity index (χ0) is 15.4. The highest BCUT2D eigenvalue weighted by Gasteiger charge is 2.16. The van der Waals surface area contributed by atoms with Gasteiger partial charge in [-0.3, -0.25) is 4.68 Å². The molecule has 0 aliphatic rings. The zero-order valence-corrected chi connectivity index (χ0v) is 13.2. The molecular weight excluding hydrogens is 264 g/mol. The number of aromatic nitrogens is 2. The number of aryl methyl sites for hydroxylation is 1. The van der Waals surface area contributed by atoms with Gasteiger partial charge >= 0.3 is 0 Å². The monoisotopic (exact) mass is 288 g/mol. The highest BCUT2D eigenvalue weighted by atomic mass is 16.5. The van der Waals surface area contributed by atoms with E-state index in [1.165, 1.54) is 0 Å². The van der Waals surface area contributed by atoms with E-state index in [1.54, 1.807) is 7.11 Å². The quantitative estimate of drug-likeness (QED) is 0.885. The van der Waals surface area contributed by atoms with E-state index in [0.717, 1.165) is 29.0 Å². The summed E-state index contributed by atoms with van der Waals surface area (Å²) in [7, 11) is 1.63. The van der Waals surface area contributed by atoms with Gasteiger partial charge in [-0.25, -0.2) is 0 Å². The second-order valence-electron chi connectivity index (χ2n) is 5.51. The van der Waals surface area contributed by atoms with Crippen LogP contribution in [0.4, 0.5) is 0 Å². The van der Waals surface area contributed by atoms with Crippen molar-refractivity contribution < 1.29 is 9.84 Å². The van der Waals surface area contributed by atoms with Crippen molar-refractivity contribution >= 4 is 0 Å². The van der Waals surface area contributed by atoms with Crippen LogP contribution in [0.2, 0.25) is 0 Å². The Hall–Kier alpha value is -1.81. The van der Waals surface area contributed by atoms with Crippen molar-refractivity contribution in [1.82, 2.24) is 9.78 Å². The SMILES string of the molecule is CCC(C)n1ccc(CC(O)c2ccc(C)cc2OC)n1. The van der Waals surface area contributed by atoms with Crippen LogP contribution in [0.3, 0.4) is 0 Å². The van der Waals surface area contributed by atoms with E-state index in [1.807, 2.05) is 42.1 Å². The summed E-state index contributed by atoms with van der Waals surface area (Å²) in [6, 6.07) is 8.19. The lowest BCUT2D eigenvalue weighted by molar-refractivity contribution is 0.172. The first-order chi connectivity index (χ1) is 10.0. The Bertz CT molecular complexity index is 592. The second kappa shape index (κ2) is 6.76. The van der Waals surface area contributed by atoms with Crippen LogP contribution in [0, 0.1) is 6.92 Å². The first-order valence-electron chi connectivity index (χ1n) is 7.41. The molecule has 0 radical (unpaired) electrons. The largest absolute Gasteiger partial charge is 0.496 e. The van der Waals surface area contributed by atoms with Crippen molar-refractivity contribution in [1.29, 1.82) is 0 Å². The Morgan fingerprint density at radius 3 is 2.76 bits per heavy atom. The first kappa shape index (κ1) is 15.6. The predicted molar refractivity (Wildman–Crippen MR) is 83.6 cm³/mol. The van der Waals surface area contributed by atoms with E-state index in [2.05, 4.69) is 18.9 Å². The van der Waals surface area contributed by atoms with Gasteiger partial charge in [0, 0.05) is 24.2 Å². The van der Waals surface area contributed by atoms with Crippen LogP contribution in [0.1, 0.15) is 49.2 Å². The van der Waals surface area contributed by atoms with Crippen LogP contribution in [-0.4, -0.2) is 22.0 Å². The van der Waals surface area contributed by atoms with Gasteiger partial charge in [0.05, 0.1) is 18.9 Å². The number of aliphatic hydroxyl groups excluding tert-OH is 1. The lowest BCUT2D eigenvalue weighted by atomic mass is 10.0. The summed E-state index contributed by atoms with van der Waals surface area (Å²) in [6.45, 7) is 6.28. The molecule has 2 rings (SSSR count). The lowest BCUT2D eigenvalue weighted by Gasteiger charge is -2.14. The lowest BCUT2D eigenvalue weighted by Crippen LogP contribution is -2.08. The summed E-state index contributed by atoms with van der Waals surface area (Å²) in [5, 5.41) is 15.0. The number of benzene rings is 1. The summed E-state index contributed by atoms with van der Waals surface area (Å²) in [5.41, 5.74) is 2.82. The van der Waals surface area contributed by atoms with Gasteiger partial charge in [0.25, 0.3) is 0 Å². The van der Waals surface area contributed by atoms with Gasteiger partial charge in [-0.15, -0.1) is 0 Å². The number of nitrogens with zero attached hydrogens (tertiary/aromatic N) is 2. The van der Waals surface area contributed by atoms with Crippen LogP contribution in [0.15, 0.2) is 30.5 Å². The smallest absolute Gasteiger partial charge is 0.124 e. The van der Waals surface area contributed by atoms with E-state index in [4.69, 9.17) is 4.74 Å². The minimum Gasteiger partial charge on any atom is -0.496 e. The Morgan fingerprint density at radius 1 is 1.33 bits per heavy atom. The van der Waals surface area contributed by atoms with Crippen molar-refractivity contribution in [3.8, 4) is 5.75 Å². The molecule has 0 spiro atoms. The maximum absolute atomic E-state index is 10.5. The van der Waals surface area contributed by atoms with Crippen molar-refractivity contribution in [2.45, 2.75) is 45.8 Å². The van der Waals surface area contributed by atoms with Crippen LogP contribution in [0.5, 0.6) is 5.75 Å². The van der Waals surface area contributed by atoms with Crippen LogP contribution in [-0.2, 0) is 6.42 Å². The molecule has 4 heteroatoms. The van der Waals surface area contributed by atoms with Gasteiger partial charge in [-0.05, 0) is 38.0 Å². The molecular formula is C17H24N2O2. The molecule has 0 fully saturated rings. The van der Waals surface area contributed by atoms with Gasteiger partial charge < -0.3 is 9.84 Å². The molecule has 1 aromatic heterocycles. The summed E-state index contributed by atoms with van der Waals surface area (Å²) in [4.78, 5) is 0. The summed E-state index contributed by atoms with van der Waals surface area (Å²) in [6.07, 6.45) is 2.89. The molecule has 0 bridgehead atoms. The Balaban J connectivity index is 2.14. The maximum Gasteiger partial charge on any atom is 0.124 e. The topological polar surface area (TPSA) is 47.3 Å². The molecule has 114 valence electrons. The molecule has 2 unspecified atom stereocenters. The fraction of sp³-hybridized carbons (Fsp3) is 0.471. The summed E-state index contributed by atoms with van der Waals surface area (Å²) in [5.74, 6) is 0.726. The second-order valence-corrected chi connectivity index (χ2v) is 5.51. The highest BCUT2D eigenvalue weighted by molar-refractivity contribution is 5.39. The van der Waals surface area contributed by atoms with E-state index >= 15 is 0 Å². The van der Waals surface area contributed by atoms with Crippen molar-refractivity contribution in [3.63, 3.8) is 0 Å². The van der Waals surface area contributed by atoms with Gasteiger partial charge in [0.1, 0.15) is 5.75 Å². The molecule has 2 aromatic rings. The number of ether oxygens (including phenoxy) is 1. The van der Waals surface area contributed by atoms with Crippen LogP contribution >= 0.6 is 0 Å². The average Bonchev–Trinajstić information content (AvgIpc) is 2.94. The van der Waals surface area contributed by atoms with Crippen LogP contribution < -0.4 is 4.74 Å². The number of aliphatic hydroxyl groups is 1. The van der Waals surface area contributed by atoms with Gasteiger partial charge in [0.2, 0.25) is 0 Å². The van der Waals surface area contributed by atoms with Crippen molar-refractivity contribution in [2.24, 2.45) is 0 Å². The molecule has 2 atom stereocenters. The fourth-order valence-electron chi connectivity index (χ4n) is 2.32. The van der Waals surface area contributed by atoms with E-state index in [9.17, 15) is 5.11 Å². The van der Waals surface area contributed by atoms with Crippen molar-refractivity contribution in [2.75, 3.05) is 7.11 Å². The zero-order valence-electron chi connectivity index (χ0n) is 13.2. The normalized spacial score (nSPS) is 14.0. The summed E-state index contributed by atoms with van der Waals surface area (Å²) >= 11 is 0. The molecule has 21 heavy (non-hydrogen) atoms. The standard InChI is InChI=1S/C17H24N2O2/c1-5-13(3)19-9-8-14(18-19)11-16(20)15-7-6-12(2)10-17(15)21-4/h6-10,13,16,20H,5,11H2,1-4H3. The third kappa shape index (κ3) is 3.64. The van der Waals surface area contributed by atoms with Crippen molar-refractivity contribution in [3.05, 3.63) is 47.3 Å². The highest BCUT2D eigenvalue weighted by Crippen LogP contribution is 2.28. The molecule has 0 amide bonds. The summed E-state index contributed by atoms with van der Waals surface area (Å²) < 4.78 is 7.31. The minimum atomic E-state index is -0.610. The van der Waals surface area contributed by atoms with E-state index in [0.29, 0.717) is 12.5 Å². The maximum atomic E-state index is 10.5. The number of hydrogen-bond acceptors (Lipinski definition) is 3. The Morgan fingerprint density at radius 2 is 2.10 bits per heavy atom. The molecule has 4 nitrogen and oxygen atoms in total. The molecule has 1 N–H and O–H groups in total. The third-order valence-corrected chi connectivity index (χ3v) is 3.86. The van der Waals surface area contributed by atoms with Gasteiger partial charge in [-0.1, -0.05) is 19.1 Å². The van der Waals surface area contributed by atoms with Gasteiger partial charge in [0.15, 0.2) is 0 Å². The number of methoxy groups -OCH3 is 1.